The van der Waals surface area contributed by atoms with Crippen LogP contribution in [0.5, 0.6) is 23.0 Å². The zero-order valence-corrected chi connectivity index (χ0v) is 20.8. The van der Waals surface area contributed by atoms with Crippen LogP contribution in [0.1, 0.15) is 31.1 Å². The number of benzene rings is 2. The van der Waals surface area contributed by atoms with E-state index < -0.39 is 0 Å². The lowest BCUT2D eigenvalue weighted by Crippen LogP contribution is -2.24. The number of carbonyl (C=O) groups is 1. The molecule has 0 radical (unpaired) electrons. The number of hydrogen-bond donors (Lipinski definition) is 0. The molecule has 3 unspecified atom stereocenters. The van der Waals surface area contributed by atoms with Crippen LogP contribution in [0.3, 0.4) is 0 Å². The molecule has 1 heterocycles. The molecule has 0 spiro atoms. The SMILES string of the molecule is CC=C(C)C(=O)OCC1C(Cc2ccc(OC)c(OC)c2)COC1c1ccc(OC)c(OC)c1. The summed E-state index contributed by atoms with van der Waals surface area (Å²) in [5.41, 5.74) is 2.63. The van der Waals surface area contributed by atoms with Crippen molar-refractivity contribution in [3.05, 3.63) is 59.2 Å². The first-order chi connectivity index (χ1) is 16.4. The quantitative estimate of drug-likeness (QED) is 0.366. The van der Waals surface area contributed by atoms with Crippen LogP contribution in [-0.2, 0) is 20.7 Å². The number of methoxy groups -OCH3 is 4. The van der Waals surface area contributed by atoms with Gasteiger partial charge in [0.2, 0.25) is 0 Å². The van der Waals surface area contributed by atoms with Gasteiger partial charge in [0.05, 0.1) is 47.8 Å². The van der Waals surface area contributed by atoms with Crippen LogP contribution in [0.15, 0.2) is 48.0 Å². The molecule has 184 valence electrons. The number of allylic oxidation sites excluding steroid dienone is 1. The third kappa shape index (κ3) is 5.65. The van der Waals surface area contributed by atoms with Gasteiger partial charge in [0, 0.05) is 11.5 Å². The number of esters is 1. The highest BCUT2D eigenvalue weighted by atomic mass is 16.5. The molecule has 0 saturated carbocycles. The van der Waals surface area contributed by atoms with Crippen LogP contribution >= 0.6 is 0 Å². The lowest BCUT2D eigenvalue weighted by Gasteiger charge is -2.24. The second-order valence-corrected chi connectivity index (χ2v) is 8.26. The summed E-state index contributed by atoms with van der Waals surface area (Å²) >= 11 is 0. The van der Waals surface area contributed by atoms with Gasteiger partial charge in [0.25, 0.3) is 0 Å². The molecule has 0 amide bonds. The number of rotatable bonds is 10. The fourth-order valence-electron chi connectivity index (χ4n) is 4.24. The van der Waals surface area contributed by atoms with Crippen molar-refractivity contribution in [2.75, 3.05) is 41.7 Å². The summed E-state index contributed by atoms with van der Waals surface area (Å²) in [5, 5.41) is 0. The minimum atomic E-state index is -0.315. The van der Waals surface area contributed by atoms with Crippen molar-refractivity contribution in [1.82, 2.24) is 0 Å². The lowest BCUT2D eigenvalue weighted by molar-refractivity contribution is -0.141. The first kappa shape index (κ1) is 25.4. The van der Waals surface area contributed by atoms with E-state index in [2.05, 4.69) is 0 Å². The molecule has 34 heavy (non-hydrogen) atoms. The predicted octanol–water partition coefficient (Wildman–Crippen LogP) is 4.78. The molecular formula is C27H34O7. The van der Waals surface area contributed by atoms with Gasteiger partial charge in [-0.2, -0.15) is 0 Å². The van der Waals surface area contributed by atoms with E-state index in [9.17, 15) is 4.79 Å². The van der Waals surface area contributed by atoms with E-state index in [1.807, 2.05) is 43.3 Å². The van der Waals surface area contributed by atoms with Gasteiger partial charge in [-0.25, -0.2) is 4.79 Å². The average Bonchev–Trinajstić information content (AvgIpc) is 3.27. The van der Waals surface area contributed by atoms with Crippen molar-refractivity contribution in [3.8, 4) is 23.0 Å². The Labute approximate surface area is 201 Å². The molecule has 0 aromatic heterocycles. The molecule has 7 heteroatoms. The summed E-state index contributed by atoms with van der Waals surface area (Å²) in [5.74, 6) is 2.43. The van der Waals surface area contributed by atoms with E-state index in [1.165, 1.54) is 0 Å². The van der Waals surface area contributed by atoms with Crippen molar-refractivity contribution in [3.63, 3.8) is 0 Å². The normalized spacial score (nSPS) is 20.1. The topological polar surface area (TPSA) is 72.5 Å². The fraction of sp³-hybridized carbons (Fsp3) is 0.444. The number of carbonyl (C=O) groups excluding carboxylic acids is 1. The van der Waals surface area contributed by atoms with Gasteiger partial charge in [0.1, 0.15) is 0 Å². The molecule has 0 bridgehead atoms. The third-order valence-electron chi connectivity index (χ3n) is 6.33. The van der Waals surface area contributed by atoms with Crippen LogP contribution in [0.25, 0.3) is 0 Å². The molecule has 7 nitrogen and oxygen atoms in total. The molecule has 1 aliphatic heterocycles. The third-order valence-corrected chi connectivity index (χ3v) is 6.33. The summed E-state index contributed by atoms with van der Waals surface area (Å²) in [6.07, 6.45) is 2.25. The van der Waals surface area contributed by atoms with Gasteiger partial charge in [-0.1, -0.05) is 18.2 Å². The van der Waals surface area contributed by atoms with Crippen molar-refractivity contribution in [1.29, 1.82) is 0 Å². The van der Waals surface area contributed by atoms with Gasteiger partial charge < -0.3 is 28.4 Å². The summed E-state index contributed by atoms with van der Waals surface area (Å²) in [4.78, 5) is 12.4. The highest BCUT2D eigenvalue weighted by Crippen LogP contribution is 2.43. The standard InChI is InChI=1S/C27H34O7/c1-7-17(2)27(28)34-16-21-20(12-18-8-10-22(29-3)24(13-18)31-5)15-33-26(21)19-9-11-23(30-4)25(14-19)32-6/h7-11,13-14,20-21,26H,12,15-16H2,1-6H3. The second-order valence-electron chi connectivity index (χ2n) is 8.26. The minimum Gasteiger partial charge on any atom is -0.493 e. The van der Waals surface area contributed by atoms with Crippen molar-refractivity contribution < 1.29 is 33.2 Å². The van der Waals surface area contributed by atoms with Crippen LogP contribution in [-0.4, -0.2) is 47.6 Å². The van der Waals surface area contributed by atoms with E-state index in [4.69, 9.17) is 28.4 Å². The van der Waals surface area contributed by atoms with E-state index >= 15 is 0 Å². The summed E-state index contributed by atoms with van der Waals surface area (Å²) in [7, 11) is 6.46. The molecule has 2 aromatic rings. The fourth-order valence-corrected chi connectivity index (χ4v) is 4.24. The first-order valence-electron chi connectivity index (χ1n) is 11.3. The Morgan fingerprint density at radius 1 is 0.941 bits per heavy atom. The molecular weight excluding hydrogens is 436 g/mol. The van der Waals surface area contributed by atoms with E-state index in [0.717, 1.165) is 17.5 Å². The van der Waals surface area contributed by atoms with Crippen molar-refractivity contribution in [2.45, 2.75) is 26.4 Å². The maximum absolute atomic E-state index is 12.4. The van der Waals surface area contributed by atoms with Crippen LogP contribution in [0, 0.1) is 11.8 Å². The minimum absolute atomic E-state index is 0.0418. The van der Waals surface area contributed by atoms with Crippen LogP contribution < -0.4 is 18.9 Å². The van der Waals surface area contributed by atoms with Crippen LogP contribution in [0.2, 0.25) is 0 Å². The molecule has 1 aliphatic rings. The van der Waals surface area contributed by atoms with E-state index in [-0.39, 0.29) is 30.5 Å². The van der Waals surface area contributed by atoms with Crippen molar-refractivity contribution >= 4 is 5.97 Å². The van der Waals surface area contributed by atoms with Gasteiger partial charge in [-0.15, -0.1) is 0 Å². The molecule has 0 aliphatic carbocycles. The summed E-state index contributed by atoms with van der Waals surface area (Å²) in [6.45, 7) is 4.36. The molecule has 2 aromatic carbocycles. The Hall–Kier alpha value is -3.19. The molecule has 3 atom stereocenters. The number of ether oxygens (including phenoxy) is 6. The van der Waals surface area contributed by atoms with Gasteiger partial charge in [-0.3, -0.25) is 0 Å². The monoisotopic (exact) mass is 470 g/mol. The zero-order valence-electron chi connectivity index (χ0n) is 20.8. The lowest BCUT2D eigenvalue weighted by atomic mass is 9.84. The highest BCUT2D eigenvalue weighted by molar-refractivity contribution is 5.87. The Morgan fingerprint density at radius 3 is 2.18 bits per heavy atom. The highest BCUT2D eigenvalue weighted by Gasteiger charge is 2.39. The van der Waals surface area contributed by atoms with Crippen molar-refractivity contribution in [2.24, 2.45) is 11.8 Å². The molecule has 0 N–H and O–H groups in total. The summed E-state index contributed by atoms with van der Waals surface area (Å²) < 4.78 is 33.7. The Kier molecular flexibility index (Phi) is 8.82. The van der Waals surface area contributed by atoms with E-state index in [1.54, 1.807) is 41.4 Å². The Bertz CT molecular complexity index is 1010. The molecule has 1 fully saturated rings. The molecule has 1 saturated heterocycles. The second kappa shape index (κ2) is 11.8. The Morgan fingerprint density at radius 2 is 1.56 bits per heavy atom. The van der Waals surface area contributed by atoms with Gasteiger partial charge >= 0.3 is 5.97 Å². The van der Waals surface area contributed by atoms with Gasteiger partial charge in [0.15, 0.2) is 23.0 Å². The summed E-state index contributed by atoms with van der Waals surface area (Å²) in [6, 6.07) is 11.7. The molecule has 3 rings (SSSR count). The Balaban J connectivity index is 1.87. The van der Waals surface area contributed by atoms with Crippen LogP contribution in [0.4, 0.5) is 0 Å². The maximum Gasteiger partial charge on any atom is 0.333 e. The van der Waals surface area contributed by atoms with Gasteiger partial charge in [-0.05, 0) is 61.6 Å². The zero-order chi connectivity index (χ0) is 24.7. The average molecular weight is 471 g/mol. The largest absolute Gasteiger partial charge is 0.493 e. The maximum atomic E-state index is 12.4. The van der Waals surface area contributed by atoms with E-state index in [0.29, 0.717) is 35.2 Å². The number of hydrogen-bond acceptors (Lipinski definition) is 7. The smallest absolute Gasteiger partial charge is 0.333 e. The predicted molar refractivity (Wildman–Crippen MR) is 129 cm³/mol. The first-order valence-corrected chi connectivity index (χ1v) is 11.3.